The number of aromatic nitrogens is 1. The molecular weight excluding hydrogens is 176 g/mol. The van der Waals surface area contributed by atoms with E-state index in [-0.39, 0.29) is 5.70 Å². The van der Waals surface area contributed by atoms with Crippen molar-refractivity contribution in [2.45, 2.75) is 13.8 Å². The molecule has 1 rings (SSSR count). The molecule has 0 spiro atoms. The molecule has 1 aromatic heterocycles. The van der Waals surface area contributed by atoms with E-state index in [0.29, 0.717) is 5.69 Å². The van der Waals surface area contributed by atoms with Crippen LogP contribution in [0.1, 0.15) is 17.6 Å². The third-order valence-corrected chi connectivity index (χ3v) is 2.07. The average molecular weight is 184 g/mol. The minimum Gasteiger partial charge on any atom is -0.259 e. The fourth-order valence-electron chi connectivity index (χ4n) is 0.713. The third kappa shape index (κ3) is 2.13. The van der Waals surface area contributed by atoms with E-state index in [0.717, 1.165) is 5.01 Å². The quantitative estimate of drug-likeness (QED) is 0.522. The van der Waals surface area contributed by atoms with Crippen molar-refractivity contribution in [2.24, 2.45) is 0 Å². The number of aryl methyl sites for hydroxylation is 1. The van der Waals surface area contributed by atoms with Gasteiger partial charge >= 0.3 is 0 Å². The maximum atomic E-state index is 10.2. The number of hydrogen-bond acceptors (Lipinski definition) is 4. The van der Waals surface area contributed by atoms with E-state index < -0.39 is 4.92 Å². The Balaban J connectivity index is 2.87. The van der Waals surface area contributed by atoms with Crippen molar-refractivity contribution in [2.75, 3.05) is 0 Å². The molecule has 12 heavy (non-hydrogen) atoms. The topological polar surface area (TPSA) is 56.0 Å². The summed E-state index contributed by atoms with van der Waals surface area (Å²) >= 11 is 1.48. The second-order valence-electron chi connectivity index (χ2n) is 2.33. The zero-order valence-electron chi connectivity index (χ0n) is 6.77. The Kier molecular flexibility index (Phi) is 2.54. The van der Waals surface area contributed by atoms with E-state index >= 15 is 0 Å². The van der Waals surface area contributed by atoms with Crippen molar-refractivity contribution >= 4 is 17.4 Å². The molecule has 0 aliphatic rings. The van der Waals surface area contributed by atoms with E-state index in [2.05, 4.69) is 4.98 Å². The SMILES string of the molecule is C/C(=C\c1csc(C)n1)[N+](=O)[O-]. The van der Waals surface area contributed by atoms with Crippen LogP contribution in [-0.4, -0.2) is 9.91 Å². The van der Waals surface area contributed by atoms with Crippen LogP contribution >= 0.6 is 11.3 Å². The van der Waals surface area contributed by atoms with Crippen molar-refractivity contribution in [1.82, 2.24) is 4.98 Å². The van der Waals surface area contributed by atoms with Crippen molar-refractivity contribution in [3.63, 3.8) is 0 Å². The molecule has 0 unspecified atom stereocenters. The van der Waals surface area contributed by atoms with Gasteiger partial charge in [0.2, 0.25) is 5.70 Å². The average Bonchev–Trinajstić information content (AvgIpc) is 2.35. The number of rotatable bonds is 2. The summed E-state index contributed by atoms with van der Waals surface area (Å²) in [4.78, 5) is 13.9. The third-order valence-electron chi connectivity index (χ3n) is 1.28. The lowest BCUT2D eigenvalue weighted by molar-refractivity contribution is -0.422. The first-order valence-corrected chi connectivity index (χ1v) is 4.22. The maximum absolute atomic E-state index is 10.2. The fraction of sp³-hybridized carbons (Fsp3) is 0.286. The zero-order valence-corrected chi connectivity index (χ0v) is 7.59. The highest BCUT2D eigenvalue weighted by atomic mass is 32.1. The first kappa shape index (κ1) is 8.86. The van der Waals surface area contributed by atoms with Crippen molar-refractivity contribution in [1.29, 1.82) is 0 Å². The fourth-order valence-corrected chi connectivity index (χ4v) is 1.28. The van der Waals surface area contributed by atoms with Gasteiger partial charge in [-0.1, -0.05) is 0 Å². The summed E-state index contributed by atoms with van der Waals surface area (Å²) in [6.45, 7) is 3.32. The Hall–Kier alpha value is -1.23. The molecule has 0 aliphatic carbocycles. The molecule has 5 heteroatoms. The Morgan fingerprint density at radius 3 is 2.92 bits per heavy atom. The molecule has 0 bridgehead atoms. The highest BCUT2D eigenvalue weighted by Gasteiger charge is 2.03. The van der Waals surface area contributed by atoms with E-state index in [9.17, 15) is 10.1 Å². The van der Waals surface area contributed by atoms with Crippen LogP contribution in [0.5, 0.6) is 0 Å². The van der Waals surface area contributed by atoms with Crippen LogP contribution in [0.4, 0.5) is 0 Å². The normalized spacial score (nSPS) is 11.7. The standard InChI is InChI=1S/C7H8N2O2S/c1-5(9(10)11)3-7-4-12-6(2)8-7/h3-4H,1-2H3/b5-3+. The summed E-state index contributed by atoms with van der Waals surface area (Å²) in [6, 6.07) is 0. The van der Waals surface area contributed by atoms with E-state index in [1.54, 1.807) is 5.38 Å². The molecule has 0 N–H and O–H groups in total. The summed E-state index contributed by atoms with van der Waals surface area (Å²) in [5.74, 6) is 0. The van der Waals surface area contributed by atoms with Gasteiger partial charge in [-0.05, 0) is 6.92 Å². The first-order valence-electron chi connectivity index (χ1n) is 3.34. The summed E-state index contributed by atoms with van der Waals surface area (Å²) in [6.07, 6.45) is 1.46. The summed E-state index contributed by atoms with van der Waals surface area (Å²) in [5, 5.41) is 12.9. The van der Waals surface area contributed by atoms with Crippen LogP contribution in [0.2, 0.25) is 0 Å². The van der Waals surface area contributed by atoms with E-state index in [1.807, 2.05) is 6.92 Å². The number of thiazole rings is 1. The van der Waals surface area contributed by atoms with Crippen LogP contribution in [0.25, 0.3) is 6.08 Å². The molecule has 0 aliphatic heterocycles. The summed E-state index contributed by atoms with van der Waals surface area (Å²) < 4.78 is 0. The lowest BCUT2D eigenvalue weighted by atomic mass is 10.4. The van der Waals surface area contributed by atoms with Gasteiger partial charge < -0.3 is 0 Å². The van der Waals surface area contributed by atoms with Gasteiger partial charge in [0.05, 0.1) is 15.6 Å². The molecule has 0 saturated carbocycles. The van der Waals surface area contributed by atoms with Crippen LogP contribution < -0.4 is 0 Å². The summed E-state index contributed by atoms with van der Waals surface area (Å²) in [5.41, 5.74) is 0.770. The van der Waals surface area contributed by atoms with Crippen LogP contribution in [0.3, 0.4) is 0 Å². The van der Waals surface area contributed by atoms with Gasteiger partial charge in [-0.3, -0.25) is 10.1 Å². The Bertz CT molecular complexity index is 330. The lowest BCUT2D eigenvalue weighted by Crippen LogP contribution is -1.92. The molecule has 64 valence electrons. The first-order chi connectivity index (χ1) is 5.59. The molecule has 1 heterocycles. The maximum Gasteiger partial charge on any atom is 0.245 e. The minimum absolute atomic E-state index is 0.111. The van der Waals surface area contributed by atoms with Gasteiger partial charge in [-0.25, -0.2) is 4.98 Å². The van der Waals surface area contributed by atoms with Crippen LogP contribution in [0, 0.1) is 17.0 Å². The Morgan fingerprint density at radius 2 is 2.50 bits per heavy atom. The second-order valence-corrected chi connectivity index (χ2v) is 3.40. The summed E-state index contributed by atoms with van der Waals surface area (Å²) in [7, 11) is 0. The Morgan fingerprint density at radius 1 is 1.83 bits per heavy atom. The number of nitro groups is 1. The van der Waals surface area contributed by atoms with Gasteiger partial charge in [-0.2, -0.15) is 0 Å². The molecule has 0 aromatic carbocycles. The van der Waals surface area contributed by atoms with Crippen LogP contribution in [0.15, 0.2) is 11.1 Å². The largest absolute Gasteiger partial charge is 0.259 e. The monoisotopic (exact) mass is 184 g/mol. The molecule has 1 aromatic rings. The van der Waals surface area contributed by atoms with E-state index in [4.69, 9.17) is 0 Å². The Labute approximate surface area is 73.7 Å². The molecular formula is C7H8N2O2S. The lowest BCUT2D eigenvalue weighted by Gasteiger charge is -1.86. The van der Waals surface area contributed by atoms with Crippen molar-refractivity contribution in [3.8, 4) is 0 Å². The van der Waals surface area contributed by atoms with Crippen molar-refractivity contribution < 1.29 is 4.92 Å². The van der Waals surface area contributed by atoms with Gasteiger partial charge in [0.25, 0.3) is 0 Å². The number of nitrogens with zero attached hydrogens (tertiary/aromatic N) is 2. The molecule has 0 saturated heterocycles. The van der Waals surface area contributed by atoms with Gasteiger partial charge in [0, 0.05) is 18.4 Å². The zero-order chi connectivity index (χ0) is 9.14. The molecule has 0 amide bonds. The highest BCUT2D eigenvalue weighted by Crippen LogP contribution is 2.11. The molecule has 0 radical (unpaired) electrons. The smallest absolute Gasteiger partial charge is 0.245 e. The van der Waals surface area contributed by atoms with Crippen LogP contribution in [-0.2, 0) is 0 Å². The predicted octanol–water partition coefficient (Wildman–Crippen LogP) is 2.09. The molecule has 4 nitrogen and oxygen atoms in total. The van der Waals surface area contributed by atoms with Gasteiger partial charge in [0.1, 0.15) is 0 Å². The number of hydrogen-bond donors (Lipinski definition) is 0. The van der Waals surface area contributed by atoms with Gasteiger partial charge in [-0.15, -0.1) is 11.3 Å². The predicted molar refractivity (Wildman–Crippen MR) is 47.5 cm³/mol. The number of allylic oxidation sites excluding steroid dienone is 1. The van der Waals surface area contributed by atoms with Crippen molar-refractivity contribution in [3.05, 3.63) is 31.9 Å². The highest BCUT2D eigenvalue weighted by molar-refractivity contribution is 7.09. The molecule has 0 fully saturated rings. The van der Waals surface area contributed by atoms with Gasteiger partial charge in [0.15, 0.2) is 0 Å². The minimum atomic E-state index is -0.422. The molecule has 0 atom stereocenters. The van der Waals surface area contributed by atoms with E-state index in [1.165, 1.54) is 24.3 Å². The second kappa shape index (κ2) is 3.44.